The van der Waals surface area contributed by atoms with Crippen molar-refractivity contribution in [3.63, 3.8) is 0 Å². The molecular formula is C24H27N5O5S. The zero-order valence-corrected chi connectivity index (χ0v) is 20.3. The third-order valence-electron chi connectivity index (χ3n) is 5.71. The van der Waals surface area contributed by atoms with Crippen LogP contribution < -0.4 is 15.4 Å². The molecular weight excluding hydrogens is 470 g/mol. The summed E-state index contributed by atoms with van der Waals surface area (Å²) < 4.78 is 33.9. The number of sulfonamides is 1. The molecule has 1 fully saturated rings. The number of amides is 2. The molecule has 0 spiro atoms. The Labute approximate surface area is 203 Å². The summed E-state index contributed by atoms with van der Waals surface area (Å²) >= 11 is 0. The maximum Gasteiger partial charge on any atom is 0.246 e. The second-order valence-electron chi connectivity index (χ2n) is 8.28. The number of nitrogens with zero attached hydrogens (tertiary/aromatic N) is 3. The summed E-state index contributed by atoms with van der Waals surface area (Å²) in [6.07, 6.45) is 3.97. The fraction of sp³-hybridized carbons (Fsp3) is 0.292. The molecule has 1 saturated heterocycles. The molecule has 1 atom stereocenters. The average molecular weight is 498 g/mol. The number of benzene rings is 2. The molecule has 11 heteroatoms. The topological polar surface area (TPSA) is 123 Å². The minimum atomic E-state index is -3.80. The number of hydrogen-bond acceptors (Lipinski definition) is 6. The normalized spacial score (nSPS) is 16.1. The number of nitrogens with one attached hydrogen (secondary N) is 2. The van der Waals surface area contributed by atoms with Gasteiger partial charge in [0.1, 0.15) is 18.3 Å². The predicted octanol–water partition coefficient (Wildman–Crippen LogP) is 2.63. The number of carbonyl (C=O) groups is 2. The zero-order valence-electron chi connectivity index (χ0n) is 19.5. The van der Waals surface area contributed by atoms with Crippen molar-refractivity contribution >= 4 is 33.2 Å². The molecule has 1 aliphatic rings. The third-order valence-corrected chi connectivity index (χ3v) is 7.64. The molecule has 0 unspecified atom stereocenters. The summed E-state index contributed by atoms with van der Waals surface area (Å²) in [4.78, 5) is 25.4. The van der Waals surface area contributed by atoms with Gasteiger partial charge in [0, 0.05) is 18.4 Å². The van der Waals surface area contributed by atoms with Gasteiger partial charge in [-0.05, 0) is 56.2 Å². The monoisotopic (exact) mass is 497 g/mol. The van der Waals surface area contributed by atoms with E-state index in [9.17, 15) is 18.0 Å². The largest absolute Gasteiger partial charge is 0.497 e. The molecule has 184 valence electrons. The first-order valence-electron chi connectivity index (χ1n) is 11.1. The van der Waals surface area contributed by atoms with E-state index in [0.717, 1.165) is 5.56 Å². The molecule has 0 radical (unpaired) electrons. The van der Waals surface area contributed by atoms with Gasteiger partial charge in [0.25, 0.3) is 0 Å². The van der Waals surface area contributed by atoms with Gasteiger partial charge in [-0.15, -0.1) is 0 Å². The standard InChI is InChI=1S/C24H27N5O5S/c1-17-5-11-21(12-6-17)35(32,33)29-13-3-4-22(29)24(31)27-19-14-25-28(15-19)16-23(30)26-18-7-9-20(34-2)10-8-18/h5-12,14-15,22H,3-4,13,16H2,1-2H3,(H,26,30)(H,27,31)/t22-/m0/s1. The van der Waals surface area contributed by atoms with Crippen LogP contribution in [-0.4, -0.2) is 54.0 Å². The Hall–Kier alpha value is -3.70. The van der Waals surface area contributed by atoms with Crippen LogP contribution in [0.15, 0.2) is 65.8 Å². The molecule has 2 amide bonds. The highest BCUT2D eigenvalue weighted by Crippen LogP contribution is 2.27. The Morgan fingerprint density at radius 1 is 1.06 bits per heavy atom. The molecule has 1 aromatic heterocycles. The Balaban J connectivity index is 1.37. The third kappa shape index (κ3) is 5.69. The van der Waals surface area contributed by atoms with Gasteiger partial charge in [-0.2, -0.15) is 9.40 Å². The lowest BCUT2D eigenvalue weighted by molar-refractivity contribution is -0.119. The van der Waals surface area contributed by atoms with Gasteiger partial charge >= 0.3 is 0 Å². The van der Waals surface area contributed by atoms with Crippen molar-refractivity contribution in [2.45, 2.75) is 37.2 Å². The SMILES string of the molecule is COc1ccc(NC(=O)Cn2cc(NC(=O)[C@@H]3CCCN3S(=O)(=O)c3ccc(C)cc3)cn2)cc1. The molecule has 2 aromatic carbocycles. The summed E-state index contributed by atoms with van der Waals surface area (Å²) in [5, 5.41) is 9.61. The van der Waals surface area contributed by atoms with Gasteiger partial charge in [0.2, 0.25) is 21.8 Å². The minimum absolute atomic E-state index is 0.0563. The van der Waals surface area contributed by atoms with E-state index in [0.29, 0.717) is 30.0 Å². The smallest absolute Gasteiger partial charge is 0.246 e. The van der Waals surface area contributed by atoms with Crippen LogP contribution in [0.4, 0.5) is 11.4 Å². The van der Waals surface area contributed by atoms with E-state index in [1.807, 2.05) is 6.92 Å². The Morgan fingerprint density at radius 2 is 1.77 bits per heavy atom. The number of ether oxygens (including phenoxy) is 1. The van der Waals surface area contributed by atoms with Crippen molar-refractivity contribution in [2.24, 2.45) is 0 Å². The molecule has 0 saturated carbocycles. The van der Waals surface area contributed by atoms with E-state index in [1.165, 1.54) is 21.4 Å². The van der Waals surface area contributed by atoms with Crippen molar-refractivity contribution in [1.82, 2.24) is 14.1 Å². The number of carbonyl (C=O) groups excluding carboxylic acids is 2. The van der Waals surface area contributed by atoms with Crippen molar-refractivity contribution < 1.29 is 22.7 Å². The van der Waals surface area contributed by atoms with Crippen LogP contribution in [0, 0.1) is 6.92 Å². The van der Waals surface area contributed by atoms with E-state index < -0.39 is 22.0 Å². The second-order valence-corrected chi connectivity index (χ2v) is 10.2. The summed E-state index contributed by atoms with van der Waals surface area (Å²) in [5.74, 6) is -0.0364. The van der Waals surface area contributed by atoms with Gasteiger partial charge in [-0.3, -0.25) is 14.3 Å². The van der Waals surface area contributed by atoms with E-state index in [2.05, 4.69) is 15.7 Å². The maximum absolute atomic E-state index is 13.1. The molecule has 4 rings (SSSR count). The second kappa shape index (κ2) is 10.3. The first-order valence-corrected chi connectivity index (χ1v) is 12.6. The Kier molecular flexibility index (Phi) is 7.17. The van der Waals surface area contributed by atoms with E-state index in [1.54, 1.807) is 55.6 Å². The predicted molar refractivity (Wildman–Crippen MR) is 131 cm³/mol. The van der Waals surface area contributed by atoms with Crippen molar-refractivity contribution in [3.05, 3.63) is 66.5 Å². The first kappa shape index (κ1) is 24.4. The number of anilines is 2. The first-order chi connectivity index (χ1) is 16.8. The van der Waals surface area contributed by atoms with Crippen LogP contribution in [-0.2, 0) is 26.2 Å². The molecule has 35 heavy (non-hydrogen) atoms. The lowest BCUT2D eigenvalue weighted by atomic mass is 10.2. The maximum atomic E-state index is 13.1. The lowest BCUT2D eigenvalue weighted by Crippen LogP contribution is -2.43. The van der Waals surface area contributed by atoms with Gasteiger partial charge in [-0.25, -0.2) is 8.42 Å². The molecule has 3 aromatic rings. The van der Waals surface area contributed by atoms with Crippen LogP contribution in [0.5, 0.6) is 5.75 Å². The van der Waals surface area contributed by atoms with Gasteiger partial charge in [0.05, 0.1) is 23.9 Å². The minimum Gasteiger partial charge on any atom is -0.497 e. The zero-order chi connectivity index (χ0) is 25.0. The van der Waals surface area contributed by atoms with Crippen LogP contribution >= 0.6 is 0 Å². The molecule has 2 N–H and O–H groups in total. The van der Waals surface area contributed by atoms with Crippen molar-refractivity contribution in [3.8, 4) is 5.75 Å². The van der Waals surface area contributed by atoms with Gasteiger partial charge < -0.3 is 15.4 Å². The number of hydrogen-bond donors (Lipinski definition) is 2. The fourth-order valence-corrected chi connectivity index (χ4v) is 5.55. The molecule has 0 bridgehead atoms. The fourth-order valence-electron chi connectivity index (χ4n) is 3.90. The Bertz CT molecular complexity index is 1300. The van der Waals surface area contributed by atoms with Crippen LogP contribution in [0.3, 0.4) is 0 Å². The summed E-state index contributed by atoms with van der Waals surface area (Å²) in [5.41, 5.74) is 1.95. The summed E-state index contributed by atoms with van der Waals surface area (Å²) in [6.45, 7) is 2.10. The molecule has 0 aliphatic carbocycles. The highest BCUT2D eigenvalue weighted by atomic mass is 32.2. The highest BCUT2D eigenvalue weighted by Gasteiger charge is 2.39. The molecule has 1 aliphatic heterocycles. The van der Waals surface area contributed by atoms with E-state index >= 15 is 0 Å². The van der Waals surface area contributed by atoms with Gasteiger partial charge in [0.15, 0.2) is 0 Å². The number of rotatable bonds is 8. The molecule has 2 heterocycles. The quantitative estimate of drug-likeness (QED) is 0.493. The number of methoxy groups -OCH3 is 1. The number of aryl methyl sites for hydroxylation is 1. The lowest BCUT2D eigenvalue weighted by Gasteiger charge is -2.23. The highest BCUT2D eigenvalue weighted by molar-refractivity contribution is 7.89. The molecule has 10 nitrogen and oxygen atoms in total. The van der Waals surface area contributed by atoms with Gasteiger partial charge in [-0.1, -0.05) is 17.7 Å². The summed E-state index contributed by atoms with van der Waals surface area (Å²) in [7, 11) is -2.23. The average Bonchev–Trinajstić information content (AvgIpc) is 3.50. The summed E-state index contributed by atoms with van der Waals surface area (Å²) in [6, 6.07) is 12.7. The number of aromatic nitrogens is 2. The van der Waals surface area contributed by atoms with Crippen LogP contribution in [0.2, 0.25) is 0 Å². The Morgan fingerprint density at radius 3 is 2.46 bits per heavy atom. The van der Waals surface area contributed by atoms with Crippen molar-refractivity contribution in [1.29, 1.82) is 0 Å². The van der Waals surface area contributed by atoms with Crippen molar-refractivity contribution in [2.75, 3.05) is 24.3 Å². The van der Waals surface area contributed by atoms with E-state index in [-0.39, 0.29) is 23.9 Å². The van der Waals surface area contributed by atoms with Crippen LogP contribution in [0.1, 0.15) is 18.4 Å². The van der Waals surface area contributed by atoms with E-state index in [4.69, 9.17) is 4.74 Å². The van der Waals surface area contributed by atoms with Crippen LogP contribution in [0.25, 0.3) is 0 Å².